The van der Waals surface area contributed by atoms with E-state index >= 15 is 0 Å². The van der Waals surface area contributed by atoms with Crippen molar-refractivity contribution in [3.05, 3.63) is 35.4 Å². The Morgan fingerprint density at radius 3 is 2.12 bits per heavy atom. The number of carbonyl (C=O) groups is 1. The summed E-state index contributed by atoms with van der Waals surface area (Å²) in [5.74, 6) is 0. The Morgan fingerprint density at radius 2 is 1.71 bits per heavy atom. The van der Waals surface area contributed by atoms with Crippen molar-refractivity contribution in [2.24, 2.45) is 0 Å². The summed E-state index contributed by atoms with van der Waals surface area (Å²) in [6.45, 7) is 6.98. The number of hydrogen-bond acceptors (Lipinski definition) is 4. The highest BCUT2D eigenvalue weighted by molar-refractivity contribution is 5.38. The van der Waals surface area contributed by atoms with Gasteiger partial charge in [0.25, 0.3) is 6.47 Å². The molecule has 1 aromatic rings. The summed E-state index contributed by atoms with van der Waals surface area (Å²) in [5, 5.41) is 13.4. The van der Waals surface area contributed by atoms with Crippen LogP contribution in [-0.2, 0) is 21.3 Å². The molecule has 0 bridgehead atoms. The van der Waals surface area contributed by atoms with Gasteiger partial charge in [-0.1, -0.05) is 18.2 Å². The number of rotatable bonds is 2. The Kier molecular flexibility index (Phi) is 6.80. The SMILES string of the molecule is CC(C)(C)OC=O.OC1(c2ccccc2C(F)(F)F)CCNCC1. The zero-order chi connectivity index (χ0) is 18.4. The molecule has 2 rings (SSSR count). The van der Waals surface area contributed by atoms with Crippen molar-refractivity contribution in [2.45, 2.75) is 51.0 Å². The molecule has 136 valence electrons. The van der Waals surface area contributed by atoms with E-state index in [1.54, 1.807) is 0 Å². The van der Waals surface area contributed by atoms with Gasteiger partial charge >= 0.3 is 6.18 Å². The predicted octanol–water partition coefficient (Wildman–Crippen LogP) is 3.23. The Balaban J connectivity index is 0.000000351. The van der Waals surface area contributed by atoms with Crippen molar-refractivity contribution in [2.75, 3.05) is 13.1 Å². The number of carbonyl (C=O) groups excluding carboxylic acids is 1. The topological polar surface area (TPSA) is 58.6 Å². The van der Waals surface area contributed by atoms with E-state index < -0.39 is 17.3 Å². The lowest BCUT2D eigenvalue weighted by Gasteiger charge is -2.34. The monoisotopic (exact) mass is 347 g/mol. The van der Waals surface area contributed by atoms with Crippen LogP contribution in [0.25, 0.3) is 0 Å². The van der Waals surface area contributed by atoms with E-state index in [9.17, 15) is 23.1 Å². The number of hydrogen-bond donors (Lipinski definition) is 2. The average Bonchev–Trinajstić information content (AvgIpc) is 2.47. The second-order valence-electron chi connectivity index (χ2n) is 6.65. The van der Waals surface area contributed by atoms with Crippen molar-refractivity contribution >= 4 is 6.47 Å². The molecule has 0 saturated carbocycles. The van der Waals surface area contributed by atoms with Gasteiger partial charge in [0.2, 0.25) is 0 Å². The maximum absolute atomic E-state index is 12.8. The van der Waals surface area contributed by atoms with Gasteiger partial charge in [0.15, 0.2) is 0 Å². The molecule has 7 heteroatoms. The lowest BCUT2D eigenvalue weighted by Crippen LogP contribution is -2.40. The van der Waals surface area contributed by atoms with Crippen molar-refractivity contribution in [1.29, 1.82) is 0 Å². The van der Waals surface area contributed by atoms with Gasteiger partial charge in [0.05, 0.1) is 11.2 Å². The van der Waals surface area contributed by atoms with Crippen LogP contribution in [0, 0.1) is 0 Å². The van der Waals surface area contributed by atoms with Crippen LogP contribution in [0.3, 0.4) is 0 Å². The summed E-state index contributed by atoms with van der Waals surface area (Å²) < 4.78 is 43.1. The predicted molar refractivity (Wildman–Crippen MR) is 84.3 cm³/mol. The molecule has 0 spiro atoms. The number of nitrogens with one attached hydrogen (secondary N) is 1. The van der Waals surface area contributed by atoms with E-state index in [0.717, 1.165) is 6.07 Å². The van der Waals surface area contributed by atoms with Crippen LogP contribution in [0.15, 0.2) is 24.3 Å². The molecule has 4 nitrogen and oxygen atoms in total. The Labute approximate surface area is 140 Å². The minimum absolute atomic E-state index is 0.00556. The maximum Gasteiger partial charge on any atom is 0.416 e. The molecule has 1 fully saturated rings. The fourth-order valence-corrected chi connectivity index (χ4v) is 2.39. The van der Waals surface area contributed by atoms with Gasteiger partial charge in [-0.15, -0.1) is 0 Å². The largest absolute Gasteiger partial charge is 0.462 e. The number of piperidine rings is 1. The first-order chi connectivity index (χ1) is 11.0. The summed E-state index contributed by atoms with van der Waals surface area (Å²) in [4.78, 5) is 9.60. The van der Waals surface area contributed by atoms with Gasteiger partial charge in [0, 0.05) is 0 Å². The van der Waals surface area contributed by atoms with Crippen LogP contribution in [0.5, 0.6) is 0 Å². The summed E-state index contributed by atoms with van der Waals surface area (Å²) in [6, 6.07) is 5.27. The minimum atomic E-state index is -4.42. The molecule has 1 aliphatic heterocycles. The van der Waals surface area contributed by atoms with Gasteiger partial charge in [-0.25, -0.2) is 0 Å². The van der Waals surface area contributed by atoms with E-state index in [1.807, 2.05) is 20.8 Å². The molecule has 1 heterocycles. The highest BCUT2D eigenvalue weighted by atomic mass is 19.4. The highest BCUT2D eigenvalue weighted by Gasteiger charge is 2.40. The number of aliphatic hydroxyl groups is 1. The molecule has 0 aromatic heterocycles. The van der Waals surface area contributed by atoms with E-state index in [-0.39, 0.29) is 11.2 Å². The number of alkyl halides is 3. The standard InChI is InChI=1S/C12H14F3NO.C5H10O2/c13-12(14,15)10-4-2-1-3-9(10)11(17)5-7-16-8-6-11;1-5(2,3)7-4-6/h1-4,16-17H,5-8H2;4H,1-3H3. The van der Waals surface area contributed by atoms with Crippen LogP contribution in [0.1, 0.15) is 44.7 Å². The summed E-state index contributed by atoms with van der Waals surface area (Å²) in [6.07, 6.45) is -3.81. The minimum Gasteiger partial charge on any atom is -0.462 e. The first kappa shape index (κ1) is 20.4. The van der Waals surface area contributed by atoms with Crippen molar-refractivity contribution in [1.82, 2.24) is 5.32 Å². The maximum atomic E-state index is 12.8. The zero-order valence-electron chi connectivity index (χ0n) is 14.1. The molecule has 2 N–H and O–H groups in total. The van der Waals surface area contributed by atoms with Crippen molar-refractivity contribution < 1.29 is 27.8 Å². The second kappa shape index (κ2) is 7.98. The summed E-state index contributed by atoms with van der Waals surface area (Å²) in [5.41, 5.74) is -2.42. The van der Waals surface area contributed by atoms with Crippen LogP contribution in [-0.4, -0.2) is 30.3 Å². The van der Waals surface area contributed by atoms with E-state index in [1.165, 1.54) is 18.2 Å². The molecule has 0 aliphatic carbocycles. The molecular formula is C17H24F3NO3. The highest BCUT2D eigenvalue weighted by Crippen LogP contribution is 2.39. The van der Waals surface area contributed by atoms with Gasteiger partial charge in [0.1, 0.15) is 5.60 Å². The Morgan fingerprint density at radius 1 is 1.17 bits per heavy atom. The molecule has 1 saturated heterocycles. The number of benzene rings is 1. The lowest BCUT2D eigenvalue weighted by molar-refractivity contribution is -0.141. The fraction of sp³-hybridized carbons (Fsp3) is 0.588. The number of halogens is 3. The summed E-state index contributed by atoms with van der Waals surface area (Å²) >= 11 is 0. The van der Waals surface area contributed by atoms with Crippen LogP contribution in [0.4, 0.5) is 13.2 Å². The third kappa shape index (κ3) is 6.13. The van der Waals surface area contributed by atoms with E-state index in [0.29, 0.717) is 32.4 Å². The van der Waals surface area contributed by atoms with Crippen molar-refractivity contribution in [3.63, 3.8) is 0 Å². The van der Waals surface area contributed by atoms with Crippen LogP contribution >= 0.6 is 0 Å². The molecule has 0 radical (unpaired) electrons. The summed E-state index contributed by atoms with van der Waals surface area (Å²) in [7, 11) is 0. The first-order valence-electron chi connectivity index (χ1n) is 7.71. The Hall–Kier alpha value is -1.60. The fourth-order valence-electron chi connectivity index (χ4n) is 2.39. The molecule has 1 aliphatic rings. The van der Waals surface area contributed by atoms with Gasteiger partial charge in [-0.3, -0.25) is 4.79 Å². The third-order valence-corrected chi connectivity index (χ3v) is 3.57. The van der Waals surface area contributed by atoms with E-state index in [4.69, 9.17) is 0 Å². The van der Waals surface area contributed by atoms with Gasteiger partial charge < -0.3 is 15.2 Å². The first-order valence-corrected chi connectivity index (χ1v) is 7.71. The zero-order valence-corrected chi connectivity index (χ0v) is 14.1. The van der Waals surface area contributed by atoms with E-state index in [2.05, 4.69) is 10.1 Å². The third-order valence-electron chi connectivity index (χ3n) is 3.57. The second-order valence-corrected chi connectivity index (χ2v) is 6.65. The average molecular weight is 347 g/mol. The van der Waals surface area contributed by atoms with Crippen LogP contribution < -0.4 is 5.32 Å². The molecule has 24 heavy (non-hydrogen) atoms. The van der Waals surface area contributed by atoms with Crippen LogP contribution in [0.2, 0.25) is 0 Å². The molecule has 0 unspecified atom stereocenters. The normalized spacial score (nSPS) is 17.5. The molecule has 0 atom stereocenters. The van der Waals surface area contributed by atoms with Gasteiger partial charge in [-0.2, -0.15) is 13.2 Å². The van der Waals surface area contributed by atoms with Crippen molar-refractivity contribution in [3.8, 4) is 0 Å². The number of ether oxygens (including phenoxy) is 1. The molecule has 0 amide bonds. The smallest absolute Gasteiger partial charge is 0.416 e. The van der Waals surface area contributed by atoms with Gasteiger partial charge in [-0.05, 0) is 58.3 Å². The Bertz CT molecular complexity index is 533. The quantitative estimate of drug-likeness (QED) is 0.807. The lowest BCUT2D eigenvalue weighted by atomic mass is 9.82. The molecule has 1 aromatic carbocycles. The molecular weight excluding hydrogens is 323 g/mol.